The molecule has 98 valence electrons. The lowest BCUT2D eigenvalue weighted by molar-refractivity contribution is -0.125. The molecule has 1 aromatic carbocycles. The summed E-state index contributed by atoms with van der Waals surface area (Å²) in [4.78, 5) is 12.2. The first-order valence-corrected chi connectivity index (χ1v) is 6.91. The van der Waals surface area contributed by atoms with Crippen LogP contribution >= 0.6 is 15.9 Å². The van der Waals surface area contributed by atoms with Gasteiger partial charge in [-0.2, -0.15) is 0 Å². The predicted molar refractivity (Wildman–Crippen MR) is 74.9 cm³/mol. The summed E-state index contributed by atoms with van der Waals surface area (Å²) in [5.41, 5.74) is 7.30. The molecule has 0 saturated heterocycles. The molecule has 0 spiro atoms. The van der Waals surface area contributed by atoms with Crippen molar-refractivity contribution in [1.29, 1.82) is 0 Å². The molecule has 0 aromatic heterocycles. The van der Waals surface area contributed by atoms with Gasteiger partial charge >= 0.3 is 0 Å². The fourth-order valence-corrected chi connectivity index (χ4v) is 2.56. The summed E-state index contributed by atoms with van der Waals surface area (Å²) < 4.78 is 6.63. The number of fused-ring (bicyclic) bond motifs is 1. The van der Waals surface area contributed by atoms with Gasteiger partial charge in [-0.05, 0) is 17.7 Å². The predicted octanol–water partition coefficient (Wildman–Crippen LogP) is 2.48. The molecule has 18 heavy (non-hydrogen) atoms. The van der Waals surface area contributed by atoms with Crippen molar-refractivity contribution in [1.82, 2.24) is 0 Å². The Morgan fingerprint density at radius 2 is 2.22 bits per heavy atom. The van der Waals surface area contributed by atoms with Crippen molar-refractivity contribution in [2.24, 2.45) is 11.1 Å². The van der Waals surface area contributed by atoms with Crippen molar-refractivity contribution in [3.63, 3.8) is 0 Å². The fraction of sp³-hybridized carbons (Fsp3) is 0.500. The Morgan fingerprint density at radius 3 is 2.89 bits per heavy atom. The van der Waals surface area contributed by atoms with E-state index in [2.05, 4.69) is 22.0 Å². The van der Waals surface area contributed by atoms with Crippen LogP contribution in [0.4, 0.5) is 0 Å². The lowest BCUT2D eigenvalue weighted by Crippen LogP contribution is -2.33. The normalized spacial score (nSPS) is 14.2. The first-order valence-electron chi connectivity index (χ1n) is 6.11. The molecule has 0 radical (unpaired) electrons. The molecule has 2 rings (SSSR count). The monoisotopic (exact) mass is 311 g/mol. The Bertz CT molecular complexity index is 483. The average molecular weight is 312 g/mol. The summed E-state index contributed by atoms with van der Waals surface area (Å²) in [7, 11) is 0. The van der Waals surface area contributed by atoms with E-state index in [-0.39, 0.29) is 5.78 Å². The van der Waals surface area contributed by atoms with E-state index >= 15 is 0 Å². The SMILES string of the molecule is CC(C)(CN)C(=O)Cc1cc(Br)cc2c1OCC2. The zero-order valence-electron chi connectivity index (χ0n) is 10.8. The van der Waals surface area contributed by atoms with Gasteiger partial charge in [0, 0.05) is 34.8 Å². The van der Waals surface area contributed by atoms with E-state index in [1.54, 1.807) is 0 Å². The van der Waals surface area contributed by atoms with Crippen molar-refractivity contribution in [3.05, 3.63) is 27.7 Å². The number of carbonyl (C=O) groups excluding carboxylic acids is 1. The largest absolute Gasteiger partial charge is 0.493 e. The van der Waals surface area contributed by atoms with Crippen LogP contribution in [0.15, 0.2) is 16.6 Å². The molecule has 1 heterocycles. The van der Waals surface area contributed by atoms with Gasteiger partial charge in [0.05, 0.1) is 6.61 Å². The summed E-state index contributed by atoms with van der Waals surface area (Å²) >= 11 is 3.48. The van der Waals surface area contributed by atoms with Gasteiger partial charge in [-0.25, -0.2) is 0 Å². The third-order valence-corrected chi connectivity index (χ3v) is 3.90. The van der Waals surface area contributed by atoms with Crippen LogP contribution in [-0.4, -0.2) is 18.9 Å². The highest BCUT2D eigenvalue weighted by Gasteiger charge is 2.28. The lowest BCUT2D eigenvalue weighted by atomic mass is 9.84. The number of nitrogens with two attached hydrogens (primary N) is 1. The highest BCUT2D eigenvalue weighted by Crippen LogP contribution is 2.34. The van der Waals surface area contributed by atoms with Crippen LogP contribution in [0.25, 0.3) is 0 Å². The number of ketones is 1. The second-order valence-corrected chi connectivity index (χ2v) is 6.26. The summed E-state index contributed by atoms with van der Waals surface area (Å²) in [6, 6.07) is 4.03. The van der Waals surface area contributed by atoms with Crippen LogP contribution in [0.5, 0.6) is 5.75 Å². The van der Waals surface area contributed by atoms with E-state index < -0.39 is 5.41 Å². The molecule has 0 bridgehead atoms. The van der Waals surface area contributed by atoms with Gasteiger partial charge in [0.25, 0.3) is 0 Å². The minimum atomic E-state index is -0.478. The van der Waals surface area contributed by atoms with Crippen molar-refractivity contribution >= 4 is 21.7 Å². The second kappa shape index (κ2) is 5.02. The molecule has 0 atom stereocenters. The summed E-state index contributed by atoms with van der Waals surface area (Å²) in [5, 5.41) is 0. The van der Waals surface area contributed by atoms with E-state index in [9.17, 15) is 4.79 Å². The second-order valence-electron chi connectivity index (χ2n) is 5.34. The van der Waals surface area contributed by atoms with Gasteiger partial charge in [-0.3, -0.25) is 4.79 Å². The van der Waals surface area contributed by atoms with Gasteiger partial charge in [0.2, 0.25) is 0 Å². The maximum Gasteiger partial charge on any atom is 0.144 e. The minimum Gasteiger partial charge on any atom is -0.493 e. The third kappa shape index (κ3) is 2.59. The highest BCUT2D eigenvalue weighted by atomic mass is 79.9. The molecule has 0 unspecified atom stereocenters. The third-order valence-electron chi connectivity index (χ3n) is 3.44. The number of rotatable bonds is 4. The standard InChI is InChI=1S/C14H18BrNO2/c1-14(2,8-16)12(17)7-10-6-11(15)5-9-3-4-18-13(9)10/h5-6H,3-4,7-8,16H2,1-2H3. The van der Waals surface area contributed by atoms with E-state index in [0.717, 1.165) is 22.2 Å². The average Bonchev–Trinajstić information content (AvgIpc) is 2.76. The molecule has 2 N–H and O–H groups in total. The van der Waals surface area contributed by atoms with Gasteiger partial charge in [-0.1, -0.05) is 29.8 Å². The Labute approximate surface area is 116 Å². The zero-order chi connectivity index (χ0) is 13.3. The number of hydrogen-bond acceptors (Lipinski definition) is 3. The molecule has 0 fully saturated rings. The van der Waals surface area contributed by atoms with E-state index in [4.69, 9.17) is 10.5 Å². The van der Waals surface area contributed by atoms with E-state index in [1.807, 2.05) is 19.9 Å². The number of benzene rings is 1. The first kappa shape index (κ1) is 13.6. The van der Waals surface area contributed by atoms with Crippen molar-refractivity contribution < 1.29 is 9.53 Å². The molecule has 4 heteroatoms. The highest BCUT2D eigenvalue weighted by molar-refractivity contribution is 9.10. The van der Waals surface area contributed by atoms with Crippen LogP contribution in [-0.2, 0) is 17.6 Å². The van der Waals surface area contributed by atoms with E-state index in [1.165, 1.54) is 5.56 Å². The molecular formula is C14H18BrNO2. The topological polar surface area (TPSA) is 52.3 Å². The summed E-state index contributed by atoms with van der Waals surface area (Å²) in [6.45, 7) is 4.83. The fourth-order valence-electron chi connectivity index (χ4n) is 2.00. The minimum absolute atomic E-state index is 0.154. The number of ether oxygens (including phenoxy) is 1. The Morgan fingerprint density at radius 1 is 1.50 bits per heavy atom. The van der Waals surface area contributed by atoms with Crippen molar-refractivity contribution in [3.8, 4) is 5.75 Å². The van der Waals surface area contributed by atoms with E-state index in [0.29, 0.717) is 19.6 Å². The number of halogens is 1. The quantitative estimate of drug-likeness (QED) is 0.929. The molecule has 3 nitrogen and oxygen atoms in total. The van der Waals surface area contributed by atoms with Crippen molar-refractivity contribution in [2.75, 3.05) is 13.2 Å². The number of hydrogen-bond donors (Lipinski definition) is 1. The molecule has 1 aromatic rings. The Kier molecular flexibility index (Phi) is 3.78. The smallest absolute Gasteiger partial charge is 0.144 e. The molecule has 1 aliphatic rings. The summed E-state index contributed by atoms with van der Waals surface area (Å²) in [5.74, 6) is 1.04. The van der Waals surface area contributed by atoms with Gasteiger partial charge in [0.15, 0.2) is 0 Å². The van der Waals surface area contributed by atoms with Crippen LogP contribution in [0, 0.1) is 5.41 Å². The Balaban J connectivity index is 2.28. The van der Waals surface area contributed by atoms with Crippen molar-refractivity contribution in [2.45, 2.75) is 26.7 Å². The van der Waals surface area contributed by atoms with Gasteiger partial charge in [-0.15, -0.1) is 0 Å². The Hall–Kier alpha value is -0.870. The maximum atomic E-state index is 12.2. The zero-order valence-corrected chi connectivity index (χ0v) is 12.3. The van der Waals surface area contributed by atoms with Gasteiger partial charge in [0.1, 0.15) is 11.5 Å². The summed E-state index contributed by atoms with van der Waals surface area (Å²) in [6.07, 6.45) is 1.29. The molecular weight excluding hydrogens is 294 g/mol. The maximum absolute atomic E-state index is 12.2. The van der Waals surface area contributed by atoms with Gasteiger partial charge < -0.3 is 10.5 Å². The molecule has 0 aliphatic carbocycles. The van der Waals surface area contributed by atoms with Crippen LogP contribution in [0.3, 0.4) is 0 Å². The number of Topliss-reactive ketones (excluding diaryl/α,β-unsaturated/α-hetero) is 1. The lowest BCUT2D eigenvalue weighted by Gasteiger charge is -2.21. The molecule has 0 amide bonds. The van der Waals surface area contributed by atoms with Crippen LogP contribution in [0.2, 0.25) is 0 Å². The first-order chi connectivity index (χ1) is 8.44. The van der Waals surface area contributed by atoms with Crippen LogP contribution in [0.1, 0.15) is 25.0 Å². The molecule has 0 saturated carbocycles. The molecule has 1 aliphatic heterocycles. The van der Waals surface area contributed by atoms with Crippen LogP contribution < -0.4 is 10.5 Å². The number of carbonyl (C=O) groups is 1.